The van der Waals surface area contributed by atoms with Crippen LogP contribution < -0.4 is 15.0 Å². The Balaban J connectivity index is 2.50. The lowest BCUT2D eigenvalue weighted by molar-refractivity contribution is 0.354. The van der Waals surface area contributed by atoms with Gasteiger partial charge in [-0.15, -0.1) is 10.2 Å². The van der Waals surface area contributed by atoms with E-state index >= 15 is 0 Å². The number of para-hydroxylation sites is 1. The summed E-state index contributed by atoms with van der Waals surface area (Å²) in [4.78, 5) is 12.1. The summed E-state index contributed by atoms with van der Waals surface area (Å²) in [7, 11) is 3.11. The van der Waals surface area contributed by atoms with Crippen LogP contribution >= 0.6 is 11.8 Å². The fourth-order valence-electron chi connectivity index (χ4n) is 1.81. The van der Waals surface area contributed by atoms with E-state index in [4.69, 9.17) is 9.47 Å². The molecule has 0 fully saturated rings. The molecule has 7 nitrogen and oxygen atoms in total. The van der Waals surface area contributed by atoms with Crippen LogP contribution in [0.3, 0.4) is 0 Å². The molecule has 0 N–H and O–H groups in total. The summed E-state index contributed by atoms with van der Waals surface area (Å²) in [6.07, 6.45) is 3.33. The van der Waals surface area contributed by atoms with Crippen LogP contribution in [-0.2, 0) is 0 Å². The molecule has 0 aliphatic carbocycles. The molecule has 0 atom stereocenters. The Hall–Kier alpha value is -2.35. The lowest BCUT2D eigenvalue weighted by Gasteiger charge is -2.09. The van der Waals surface area contributed by atoms with E-state index in [2.05, 4.69) is 15.3 Å². The first-order chi connectivity index (χ1) is 10.6. The summed E-state index contributed by atoms with van der Waals surface area (Å²) in [5, 5.41) is 12.4. The second-order valence-corrected chi connectivity index (χ2v) is 4.99. The molecule has 22 heavy (non-hydrogen) atoms. The highest BCUT2D eigenvalue weighted by atomic mass is 32.2. The van der Waals surface area contributed by atoms with Crippen LogP contribution in [0, 0.1) is 6.92 Å². The van der Waals surface area contributed by atoms with Crippen molar-refractivity contribution in [1.29, 1.82) is 0 Å². The highest BCUT2D eigenvalue weighted by molar-refractivity contribution is 7.98. The molecule has 0 aliphatic heterocycles. The monoisotopic (exact) mass is 320 g/mol. The first kappa shape index (κ1) is 16.0. The van der Waals surface area contributed by atoms with Crippen molar-refractivity contribution < 1.29 is 9.47 Å². The lowest BCUT2D eigenvalue weighted by Crippen LogP contribution is -2.23. The Bertz CT molecular complexity index is 758. The first-order valence-electron chi connectivity index (χ1n) is 6.38. The zero-order valence-corrected chi connectivity index (χ0v) is 13.5. The summed E-state index contributed by atoms with van der Waals surface area (Å²) < 4.78 is 11.8. The Morgan fingerprint density at radius 1 is 1.27 bits per heavy atom. The smallest absolute Gasteiger partial charge is 0.296 e. The summed E-state index contributed by atoms with van der Waals surface area (Å²) >= 11 is 1.29. The molecule has 0 saturated carbocycles. The molecule has 1 aromatic heterocycles. The summed E-state index contributed by atoms with van der Waals surface area (Å²) in [5.41, 5.74) is 0.667. The Morgan fingerprint density at radius 2 is 2.05 bits per heavy atom. The highest BCUT2D eigenvalue weighted by Crippen LogP contribution is 2.29. The van der Waals surface area contributed by atoms with Crippen LogP contribution in [0.4, 0.5) is 0 Å². The second-order valence-electron chi connectivity index (χ2n) is 4.22. The van der Waals surface area contributed by atoms with Gasteiger partial charge in [-0.25, -0.2) is 0 Å². The molecule has 8 heteroatoms. The van der Waals surface area contributed by atoms with Crippen molar-refractivity contribution in [2.24, 2.45) is 5.10 Å². The first-order valence-corrected chi connectivity index (χ1v) is 7.60. The number of benzene rings is 1. The summed E-state index contributed by atoms with van der Waals surface area (Å²) in [5.74, 6) is 1.14. The molecular weight excluding hydrogens is 304 g/mol. The van der Waals surface area contributed by atoms with Crippen LogP contribution in [0.15, 0.2) is 33.3 Å². The van der Waals surface area contributed by atoms with Gasteiger partial charge >= 0.3 is 0 Å². The van der Waals surface area contributed by atoms with Crippen LogP contribution in [0.2, 0.25) is 0 Å². The van der Waals surface area contributed by atoms with E-state index in [1.165, 1.54) is 22.7 Å². The minimum Gasteiger partial charge on any atom is -0.493 e. The Labute approximate surface area is 132 Å². The maximum atomic E-state index is 12.1. The molecule has 2 rings (SSSR count). The maximum absolute atomic E-state index is 12.1. The van der Waals surface area contributed by atoms with Crippen LogP contribution in [0.25, 0.3) is 0 Å². The fraction of sp³-hybridized carbons (Fsp3) is 0.286. The van der Waals surface area contributed by atoms with E-state index in [9.17, 15) is 4.79 Å². The molecule has 0 amide bonds. The van der Waals surface area contributed by atoms with Crippen molar-refractivity contribution in [3.05, 3.63) is 39.8 Å². The zero-order valence-electron chi connectivity index (χ0n) is 12.7. The van der Waals surface area contributed by atoms with Gasteiger partial charge in [-0.05, 0) is 25.3 Å². The van der Waals surface area contributed by atoms with Crippen molar-refractivity contribution >= 4 is 18.0 Å². The summed E-state index contributed by atoms with van der Waals surface area (Å²) in [6.45, 7) is 1.59. The van der Waals surface area contributed by atoms with Crippen molar-refractivity contribution in [3.8, 4) is 11.5 Å². The molecule has 0 aliphatic rings. The average molecular weight is 320 g/mol. The van der Waals surface area contributed by atoms with Crippen molar-refractivity contribution in [1.82, 2.24) is 14.9 Å². The molecule has 116 valence electrons. The number of aromatic nitrogens is 3. The highest BCUT2D eigenvalue weighted by Gasteiger charge is 2.10. The Morgan fingerprint density at radius 3 is 2.68 bits per heavy atom. The topological polar surface area (TPSA) is 78.6 Å². The van der Waals surface area contributed by atoms with E-state index in [1.54, 1.807) is 33.5 Å². The lowest BCUT2D eigenvalue weighted by atomic mass is 10.2. The van der Waals surface area contributed by atoms with Crippen molar-refractivity contribution in [2.75, 3.05) is 20.5 Å². The molecule has 0 saturated heterocycles. The maximum Gasteiger partial charge on any atom is 0.296 e. The van der Waals surface area contributed by atoms with Gasteiger partial charge in [-0.1, -0.05) is 17.8 Å². The number of rotatable bonds is 5. The number of hydrogen-bond acceptors (Lipinski definition) is 7. The van der Waals surface area contributed by atoms with E-state index in [0.29, 0.717) is 22.2 Å². The van der Waals surface area contributed by atoms with Crippen LogP contribution in [-0.4, -0.2) is 41.6 Å². The minimum absolute atomic E-state index is 0.285. The van der Waals surface area contributed by atoms with Gasteiger partial charge in [0.2, 0.25) is 5.16 Å². The van der Waals surface area contributed by atoms with Gasteiger partial charge in [0.05, 0.1) is 20.4 Å². The average Bonchev–Trinajstić information content (AvgIpc) is 2.55. The number of nitrogens with zero attached hydrogens (tertiary/aromatic N) is 4. The zero-order chi connectivity index (χ0) is 16.1. The predicted molar refractivity (Wildman–Crippen MR) is 85.3 cm³/mol. The van der Waals surface area contributed by atoms with Gasteiger partial charge in [-0.2, -0.15) is 9.78 Å². The van der Waals surface area contributed by atoms with Gasteiger partial charge in [0.25, 0.3) is 5.56 Å². The van der Waals surface area contributed by atoms with Crippen LogP contribution in [0.5, 0.6) is 11.5 Å². The van der Waals surface area contributed by atoms with Crippen molar-refractivity contribution in [2.45, 2.75) is 12.1 Å². The standard InChI is InChI=1S/C14H16N4O3S/c1-9-13(19)18(14(22-4)17-16-9)15-8-10-6-5-7-11(20-2)12(10)21-3/h5-8H,1-4H3/b15-8-. The third kappa shape index (κ3) is 3.11. The second kappa shape index (κ2) is 7.08. The molecular formula is C14H16N4O3S. The van der Waals surface area contributed by atoms with Gasteiger partial charge in [0.1, 0.15) is 5.69 Å². The molecule has 0 radical (unpaired) electrons. The fourth-order valence-corrected chi connectivity index (χ4v) is 2.23. The van der Waals surface area contributed by atoms with E-state index in [0.717, 1.165) is 0 Å². The van der Waals surface area contributed by atoms with Crippen molar-refractivity contribution in [3.63, 3.8) is 0 Å². The molecule has 0 spiro atoms. The number of thioether (sulfide) groups is 1. The third-order valence-electron chi connectivity index (χ3n) is 2.90. The molecule has 1 aromatic carbocycles. The van der Waals surface area contributed by atoms with Gasteiger partial charge in [0, 0.05) is 5.56 Å². The van der Waals surface area contributed by atoms with E-state index in [-0.39, 0.29) is 11.3 Å². The molecule has 2 aromatic rings. The van der Waals surface area contributed by atoms with Gasteiger partial charge < -0.3 is 9.47 Å². The van der Waals surface area contributed by atoms with Crippen LogP contribution in [0.1, 0.15) is 11.3 Å². The SMILES string of the molecule is COc1cccc(/C=N\n2c(SC)nnc(C)c2=O)c1OC. The number of hydrogen-bond donors (Lipinski definition) is 0. The normalized spacial score (nSPS) is 10.9. The largest absolute Gasteiger partial charge is 0.493 e. The minimum atomic E-state index is -0.308. The molecule has 0 unspecified atom stereocenters. The predicted octanol–water partition coefficient (Wildman–Crippen LogP) is 1.57. The summed E-state index contributed by atoms with van der Waals surface area (Å²) in [6, 6.07) is 5.42. The number of methoxy groups -OCH3 is 2. The third-order valence-corrected chi connectivity index (χ3v) is 3.52. The van der Waals surface area contributed by atoms with Gasteiger partial charge in [-0.3, -0.25) is 4.79 Å². The number of ether oxygens (including phenoxy) is 2. The van der Waals surface area contributed by atoms with Gasteiger partial charge in [0.15, 0.2) is 11.5 Å². The van der Waals surface area contributed by atoms with E-state index in [1.807, 2.05) is 12.1 Å². The number of aryl methyl sites for hydroxylation is 1. The molecule has 1 heterocycles. The van der Waals surface area contributed by atoms with E-state index < -0.39 is 0 Å². The Kier molecular flexibility index (Phi) is 5.16. The molecule has 0 bridgehead atoms. The quantitative estimate of drug-likeness (QED) is 0.614.